The van der Waals surface area contributed by atoms with Gasteiger partial charge < -0.3 is 0 Å². The van der Waals surface area contributed by atoms with Gasteiger partial charge in [0.25, 0.3) is 0 Å². The summed E-state index contributed by atoms with van der Waals surface area (Å²) in [5.74, 6) is 1.88. The van der Waals surface area contributed by atoms with E-state index >= 15 is 0 Å². The number of rotatable bonds is 7. The van der Waals surface area contributed by atoms with E-state index in [9.17, 15) is 8.42 Å². The van der Waals surface area contributed by atoms with Crippen molar-refractivity contribution in [1.82, 2.24) is 19.6 Å². The van der Waals surface area contributed by atoms with Crippen molar-refractivity contribution >= 4 is 26.0 Å². The molecular formula is C22H29BrN4O2S. The smallest absolute Gasteiger partial charge is 0.211 e. The zero-order chi connectivity index (χ0) is 21.3. The van der Waals surface area contributed by atoms with Gasteiger partial charge in [-0.2, -0.15) is 0 Å². The molecule has 1 unspecified atom stereocenters. The van der Waals surface area contributed by atoms with Crippen LogP contribution in [0.15, 0.2) is 34.8 Å². The molecule has 3 fully saturated rings. The molecule has 4 heterocycles. The molecule has 0 amide bonds. The summed E-state index contributed by atoms with van der Waals surface area (Å²) in [5, 5.41) is 0. The second-order valence-electron chi connectivity index (χ2n) is 8.41. The lowest BCUT2D eigenvalue weighted by molar-refractivity contribution is 0.0317. The van der Waals surface area contributed by atoms with Gasteiger partial charge in [-0.25, -0.2) is 23.1 Å². The van der Waals surface area contributed by atoms with Crippen LogP contribution in [0, 0.1) is 12.8 Å². The first-order chi connectivity index (χ1) is 14.4. The van der Waals surface area contributed by atoms with Crippen LogP contribution in [-0.4, -0.2) is 54.7 Å². The van der Waals surface area contributed by atoms with Crippen molar-refractivity contribution in [3.8, 4) is 11.3 Å². The normalized spacial score (nSPS) is 26.1. The molecule has 2 bridgehead atoms. The van der Waals surface area contributed by atoms with Crippen molar-refractivity contribution in [2.45, 2.75) is 45.1 Å². The summed E-state index contributed by atoms with van der Waals surface area (Å²) in [6.07, 6.45) is 2.78. The number of nitrogens with zero attached hydrogens (tertiary/aromatic N) is 3. The van der Waals surface area contributed by atoms with E-state index in [0.717, 1.165) is 53.2 Å². The molecule has 1 aromatic carbocycles. The van der Waals surface area contributed by atoms with Gasteiger partial charge in [0.2, 0.25) is 10.0 Å². The second kappa shape index (κ2) is 9.02. The molecule has 8 heteroatoms. The van der Waals surface area contributed by atoms with Crippen molar-refractivity contribution in [3.63, 3.8) is 0 Å². The lowest BCUT2D eigenvalue weighted by atomic mass is 9.74. The summed E-state index contributed by atoms with van der Waals surface area (Å²) in [5.41, 5.74) is 3.13. The third-order valence-electron chi connectivity index (χ3n) is 6.28. The molecule has 5 rings (SSSR count). The van der Waals surface area contributed by atoms with Crippen LogP contribution in [0.25, 0.3) is 11.3 Å². The molecule has 6 nitrogen and oxygen atoms in total. The van der Waals surface area contributed by atoms with Gasteiger partial charge in [0.15, 0.2) is 0 Å². The molecule has 0 aliphatic carbocycles. The highest BCUT2D eigenvalue weighted by Crippen LogP contribution is 2.42. The molecule has 1 N–H and O–H groups in total. The van der Waals surface area contributed by atoms with Crippen molar-refractivity contribution in [1.29, 1.82) is 0 Å². The maximum absolute atomic E-state index is 12.1. The van der Waals surface area contributed by atoms with E-state index in [1.807, 2.05) is 32.0 Å². The molecule has 4 atom stereocenters. The van der Waals surface area contributed by atoms with Crippen molar-refractivity contribution in [3.05, 3.63) is 46.3 Å². The maximum atomic E-state index is 12.1. The quantitative estimate of drug-likeness (QED) is 0.637. The Balaban J connectivity index is 1.51. The number of benzene rings is 1. The van der Waals surface area contributed by atoms with Gasteiger partial charge in [0.05, 0.1) is 11.4 Å². The number of piperidine rings is 3. The molecule has 3 saturated heterocycles. The van der Waals surface area contributed by atoms with Gasteiger partial charge >= 0.3 is 0 Å². The molecular weight excluding hydrogens is 464 g/mol. The predicted octanol–water partition coefficient (Wildman–Crippen LogP) is 3.72. The second-order valence-corrected chi connectivity index (χ2v) is 11.2. The minimum Gasteiger partial charge on any atom is -0.298 e. The largest absolute Gasteiger partial charge is 0.298 e. The molecule has 162 valence electrons. The Morgan fingerprint density at radius 1 is 1.27 bits per heavy atom. The zero-order valence-corrected chi connectivity index (χ0v) is 19.9. The number of sulfonamides is 1. The average Bonchev–Trinajstić information content (AvgIpc) is 2.72. The van der Waals surface area contributed by atoms with E-state index in [-0.39, 0.29) is 11.8 Å². The number of aryl methyl sites for hydroxylation is 1. The fourth-order valence-electron chi connectivity index (χ4n) is 4.84. The van der Waals surface area contributed by atoms with E-state index in [0.29, 0.717) is 24.8 Å². The van der Waals surface area contributed by atoms with Crippen LogP contribution in [0.1, 0.15) is 43.6 Å². The highest BCUT2D eigenvalue weighted by molar-refractivity contribution is 9.10. The van der Waals surface area contributed by atoms with Crippen LogP contribution in [0.4, 0.5) is 0 Å². The average molecular weight is 493 g/mol. The Morgan fingerprint density at radius 2 is 2.07 bits per heavy atom. The van der Waals surface area contributed by atoms with Gasteiger partial charge in [-0.3, -0.25) is 4.90 Å². The molecule has 0 spiro atoms. The highest BCUT2D eigenvalue weighted by Gasteiger charge is 2.41. The molecule has 3 aliphatic rings. The molecule has 1 aromatic heterocycles. The summed E-state index contributed by atoms with van der Waals surface area (Å²) in [7, 11) is -3.16. The van der Waals surface area contributed by atoms with E-state index in [1.165, 1.54) is 0 Å². The van der Waals surface area contributed by atoms with Crippen molar-refractivity contribution < 1.29 is 8.42 Å². The summed E-state index contributed by atoms with van der Waals surface area (Å²) >= 11 is 3.64. The number of hydrogen-bond acceptors (Lipinski definition) is 5. The molecule has 0 radical (unpaired) electrons. The summed E-state index contributed by atoms with van der Waals surface area (Å²) in [6, 6.07) is 10.5. The molecule has 30 heavy (non-hydrogen) atoms. The van der Waals surface area contributed by atoms with Crippen LogP contribution in [0.5, 0.6) is 0 Å². The summed E-state index contributed by atoms with van der Waals surface area (Å²) < 4.78 is 27.9. The standard InChI is InChI=1S/C22H29BrN4O2S/c1-3-10-30(28,29)24-13-17-11-16-8-9-27(17)14-19(16)22-12-21(25-15(2)26-22)18-6-4-5-7-20(18)23/h4-7,12,16-17,19,24H,3,8-11,13-14H2,1-2H3/t16-,17-,19+/m1/s1. The van der Waals surface area contributed by atoms with Crippen LogP contribution in [0.2, 0.25) is 0 Å². The van der Waals surface area contributed by atoms with Crippen LogP contribution in [0.3, 0.4) is 0 Å². The molecule has 2 aromatic rings. The first-order valence-electron chi connectivity index (χ1n) is 10.7. The van der Waals surface area contributed by atoms with Gasteiger partial charge in [-0.05, 0) is 50.8 Å². The summed E-state index contributed by atoms with van der Waals surface area (Å²) in [4.78, 5) is 11.9. The predicted molar refractivity (Wildman–Crippen MR) is 123 cm³/mol. The first-order valence-corrected chi connectivity index (χ1v) is 13.1. The number of hydrogen-bond donors (Lipinski definition) is 1. The molecule has 3 aliphatic heterocycles. The Morgan fingerprint density at radius 3 is 2.77 bits per heavy atom. The Labute approximate surface area is 187 Å². The van der Waals surface area contributed by atoms with E-state index in [2.05, 4.69) is 42.7 Å². The Kier molecular flexibility index (Phi) is 6.58. The number of aromatic nitrogens is 2. The third-order valence-corrected chi connectivity index (χ3v) is 8.52. The van der Waals surface area contributed by atoms with E-state index in [1.54, 1.807) is 0 Å². The van der Waals surface area contributed by atoms with Gasteiger partial charge in [-0.15, -0.1) is 0 Å². The Bertz CT molecular complexity index is 1010. The Hall–Kier alpha value is -1.35. The minimum absolute atomic E-state index is 0.198. The van der Waals surface area contributed by atoms with E-state index < -0.39 is 10.0 Å². The SMILES string of the molecule is CCCS(=O)(=O)NC[C@H]1C[C@H]2CCN1C[C@@H]2c1cc(-c2ccccc2Br)nc(C)n1. The van der Waals surface area contributed by atoms with Crippen molar-refractivity contribution in [2.24, 2.45) is 5.92 Å². The maximum Gasteiger partial charge on any atom is 0.211 e. The number of halogens is 1. The zero-order valence-electron chi connectivity index (χ0n) is 17.5. The van der Waals surface area contributed by atoms with E-state index in [4.69, 9.17) is 4.98 Å². The fourth-order valence-corrected chi connectivity index (χ4v) is 6.45. The van der Waals surface area contributed by atoms with Gasteiger partial charge in [-0.1, -0.05) is 41.1 Å². The lowest BCUT2D eigenvalue weighted by Gasteiger charge is -2.49. The summed E-state index contributed by atoms with van der Waals surface area (Å²) in [6.45, 7) is 6.31. The fraction of sp³-hybridized carbons (Fsp3) is 0.545. The van der Waals surface area contributed by atoms with Crippen LogP contribution >= 0.6 is 15.9 Å². The first kappa shape index (κ1) is 21.9. The third kappa shape index (κ3) is 4.77. The lowest BCUT2D eigenvalue weighted by Crippen LogP contribution is -2.56. The minimum atomic E-state index is -3.16. The highest BCUT2D eigenvalue weighted by atomic mass is 79.9. The monoisotopic (exact) mass is 492 g/mol. The number of fused-ring (bicyclic) bond motifs is 3. The van der Waals surface area contributed by atoms with Crippen LogP contribution < -0.4 is 4.72 Å². The van der Waals surface area contributed by atoms with Crippen molar-refractivity contribution in [2.75, 3.05) is 25.4 Å². The van der Waals surface area contributed by atoms with Gasteiger partial charge in [0.1, 0.15) is 5.82 Å². The number of nitrogens with one attached hydrogen (secondary N) is 1. The molecule has 0 saturated carbocycles. The van der Waals surface area contributed by atoms with Gasteiger partial charge in [0, 0.05) is 40.8 Å². The van der Waals surface area contributed by atoms with Crippen LogP contribution in [-0.2, 0) is 10.0 Å². The topological polar surface area (TPSA) is 75.2 Å².